The van der Waals surface area contributed by atoms with Crippen LogP contribution in [0.5, 0.6) is 0 Å². The number of fused-ring (bicyclic) bond motifs is 2. The van der Waals surface area contributed by atoms with Gasteiger partial charge in [0.1, 0.15) is 24.3 Å². The minimum atomic E-state index is -4.68. The molecule has 5 rings (SSSR count). The summed E-state index contributed by atoms with van der Waals surface area (Å²) in [4.78, 5) is 35.8. The van der Waals surface area contributed by atoms with E-state index < -0.39 is 65.9 Å². The van der Waals surface area contributed by atoms with Gasteiger partial charge in [-0.3, -0.25) is 4.57 Å². The quantitative estimate of drug-likeness (QED) is 0.186. The van der Waals surface area contributed by atoms with Gasteiger partial charge in [-0.25, -0.2) is 19.0 Å². The number of carboxylic acid groups (broad SMARTS) is 2. The van der Waals surface area contributed by atoms with Crippen LogP contribution < -0.4 is 5.73 Å². The molecule has 202 valence electrons. The molecule has 2 fully saturated rings. The number of aromatic nitrogens is 4. The van der Waals surface area contributed by atoms with Crippen molar-refractivity contribution in [3.8, 4) is 0 Å². The SMILES string of the molecule is Nc1nc(Cl)nc2c1ncn2C1(F)CO[C@@H]2C(OC(Cc3ccc(C(F)(F)F)cc3)(C(=O)O)C(=O)O)[C@@]21O. The summed E-state index contributed by atoms with van der Waals surface area (Å²) in [6.07, 6.45) is -8.05. The number of imidazole rings is 1. The molecule has 2 unspecified atom stereocenters. The third kappa shape index (κ3) is 3.58. The Kier molecular flexibility index (Phi) is 5.61. The number of carbonyl (C=O) groups is 2. The molecule has 1 saturated heterocycles. The van der Waals surface area contributed by atoms with Crippen LogP contribution in [0.1, 0.15) is 11.1 Å². The molecular formula is C21H16ClF4N5O7. The molecular weight excluding hydrogens is 546 g/mol. The van der Waals surface area contributed by atoms with Crippen molar-refractivity contribution < 1.29 is 51.9 Å². The number of carboxylic acids is 2. The number of nitrogens with zero attached hydrogens (tertiary/aromatic N) is 4. The van der Waals surface area contributed by atoms with Crippen LogP contribution in [0.2, 0.25) is 5.28 Å². The predicted octanol–water partition coefficient (Wildman–Crippen LogP) is 1.38. The van der Waals surface area contributed by atoms with Crippen LogP contribution in [-0.2, 0) is 37.5 Å². The van der Waals surface area contributed by atoms with E-state index in [2.05, 4.69) is 15.0 Å². The molecule has 2 aliphatic rings. The van der Waals surface area contributed by atoms with Crippen molar-refractivity contribution >= 4 is 40.5 Å². The second-order valence-corrected chi connectivity index (χ2v) is 9.17. The number of nitrogen functional groups attached to an aromatic ring is 1. The largest absolute Gasteiger partial charge is 0.479 e. The Morgan fingerprint density at radius 3 is 2.42 bits per heavy atom. The maximum atomic E-state index is 16.4. The van der Waals surface area contributed by atoms with Gasteiger partial charge in [0.05, 0.1) is 11.9 Å². The van der Waals surface area contributed by atoms with Gasteiger partial charge in [-0.15, -0.1) is 0 Å². The number of nitrogens with two attached hydrogens (primary N) is 1. The molecule has 3 heterocycles. The Hall–Kier alpha value is -3.60. The molecule has 2 aromatic heterocycles. The highest BCUT2D eigenvalue weighted by atomic mass is 35.5. The maximum Gasteiger partial charge on any atom is 0.416 e. The fraction of sp³-hybridized carbons (Fsp3) is 0.381. The van der Waals surface area contributed by atoms with E-state index in [1.54, 1.807) is 0 Å². The van der Waals surface area contributed by atoms with E-state index in [0.717, 1.165) is 23.0 Å². The van der Waals surface area contributed by atoms with Gasteiger partial charge in [-0.2, -0.15) is 23.1 Å². The fourth-order valence-electron chi connectivity index (χ4n) is 4.55. The third-order valence-electron chi connectivity index (χ3n) is 6.63. The van der Waals surface area contributed by atoms with Crippen LogP contribution in [0.25, 0.3) is 11.2 Å². The number of ether oxygens (including phenoxy) is 2. The first-order chi connectivity index (χ1) is 17.6. The Labute approximate surface area is 213 Å². The average Bonchev–Trinajstić information content (AvgIpc) is 3.08. The lowest BCUT2D eigenvalue weighted by molar-refractivity contribution is -0.198. The number of hydrogen-bond acceptors (Lipinski definition) is 9. The standard InChI is InChI=1S/C21H16ClF4N5O7/c22-17-29-13(27)10-14(30-17)31(7-28-10)19(23)6-37-11-12(20(11,19)36)38-18(15(32)33,16(34)35)5-8-1-3-9(4-2-8)21(24,25)26/h1-4,7,11-12,36H,5-6H2,(H,32,33)(H,34,35)(H2,27,29,30)/t11-,12?,19?,20+/m1/s1. The highest BCUT2D eigenvalue weighted by molar-refractivity contribution is 6.28. The lowest BCUT2D eigenvalue weighted by Crippen LogP contribution is -2.54. The summed E-state index contributed by atoms with van der Waals surface area (Å²) in [6, 6.07) is 3.05. The number of anilines is 1. The molecule has 0 bridgehead atoms. The maximum absolute atomic E-state index is 16.4. The van der Waals surface area contributed by atoms with Gasteiger partial charge in [0.2, 0.25) is 11.1 Å². The zero-order chi connectivity index (χ0) is 27.8. The molecule has 17 heteroatoms. The smallest absolute Gasteiger partial charge is 0.416 e. The minimum Gasteiger partial charge on any atom is -0.479 e. The van der Waals surface area contributed by atoms with Gasteiger partial charge in [0.25, 0.3) is 5.60 Å². The number of aliphatic hydroxyl groups is 1. The van der Waals surface area contributed by atoms with E-state index in [1.165, 1.54) is 0 Å². The fourth-order valence-corrected chi connectivity index (χ4v) is 4.72. The second kappa shape index (κ2) is 8.20. The number of benzene rings is 1. The van der Waals surface area contributed by atoms with Gasteiger partial charge in [0.15, 0.2) is 17.1 Å². The van der Waals surface area contributed by atoms with E-state index in [-0.39, 0.29) is 27.8 Å². The van der Waals surface area contributed by atoms with E-state index >= 15 is 4.39 Å². The van der Waals surface area contributed by atoms with Gasteiger partial charge in [-0.05, 0) is 29.3 Å². The van der Waals surface area contributed by atoms with Crippen LogP contribution in [0, 0.1) is 0 Å². The number of alkyl halides is 4. The number of aliphatic carboxylic acids is 2. The minimum absolute atomic E-state index is 0.0654. The third-order valence-corrected chi connectivity index (χ3v) is 6.80. The number of rotatable bonds is 7. The second-order valence-electron chi connectivity index (χ2n) is 8.83. The van der Waals surface area contributed by atoms with Gasteiger partial charge < -0.3 is 30.5 Å². The van der Waals surface area contributed by atoms with Crippen LogP contribution in [0.15, 0.2) is 30.6 Å². The summed E-state index contributed by atoms with van der Waals surface area (Å²) in [7, 11) is 0. The van der Waals surface area contributed by atoms with Gasteiger partial charge in [0, 0.05) is 6.42 Å². The molecule has 0 spiro atoms. The van der Waals surface area contributed by atoms with Crippen LogP contribution in [0.3, 0.4) is 0 Å². The first-order valence-electron chi connectivity index (χ1n) is 10.7. The Balaban J connectivity index is 1.49. The molecule has 5 N–H and O–H groups in total. The van der Waals surface area contributed by atoms with E-state index in [9.17, 15) is 38.1 Å². The van der Waals surface area contributed by atoms with E-state index in [1.807, 2.05) is 0 Å². The first kappa shape index (κ1) is 26.0. The Morgan fingerprint density at radius 2 is 1.84 bits per heavy atom. The summed E-state index contributed by atoms with van der Waals surface area (Å²) in [5.41, 5.74) is -1.49. The Bertz CT molecular complexity index is 1450. The van der Waals surface area contributed by atoms with Crippen molar-refractivity contribution in [1.29, 1.82) is 0 Å². The summed E-state index contributed by atoms with van der Waals surface area (Å²) >= 11 is 5.81. The van der Waals surface area contributed by atoms with E-state index in [4.69, 9.17) is 26.8 Å². The summed E-state index contributed by atoms with van der Waals surface area (Å²) in [6.45, 7) is -0.785. The van der Waals surface area contributed by atoms with Crippen molar-refractivity contribution in [1.82, 2.24) is 19.5 Å². The molecule has 0 radical (unpaired) electrons. The highest BCUT2D eigenvalue weighted by Crippen LogP contribution is 2.60. The van der Waals surface area contributed by atoms with Crippen LogP contribution >= 0.6 is 11.6 Å². The molecule has 4 atom stereocenters. The molecule has 1 aliphatic heterocycles. The van der Waals surface area contributed by atoms with Crippen LogP contribution in [-0.4, -0.2) is 76.8 Å². The van der Waals surface area contributed by atoms with Gasteiger partial charge >= 0.3 is 18.1 Å². The van der Waals surface area contributed by atoms with Crippen molar-refractivity contribution in [2.24, 2.45) is 0 Å². The lowest BCUT2D eigenvalue weighted by atomic mass is 9.93. The Morgan fingerprint density at radius 1 is 1.21 bits per heavy atom. The normalized spacial score (nSPS) is 26.9. The average molecular weight is 562 g/mol. The van der Waals surface area contributed by atoms with Crippen molar-refractivity contribution in [3.63, 3.8) is 0 Å². The topological polar surface area (TPSA) is 183 Å². The van der Waals surface area contributed by atoms with Crippen molar-refractivity contribution in [2.45, 2.75) is 41.8 Å². The predicted molar refractivity (Wildman–Crippen MR) is 117 cm³/mol. The zero-order valence-corrected chi connectivity index (χ0v) is 19.4. The van der Waals surface area contributed by atoms with Crippen LogP contribution in [0.4, 0.5) is 23.4 Å². The summed E-state index contributed by atoms with van der Waals surface area (Å²) < 4.78 is 66.4. The molecule has 1 saturated carbocycles. The molecule has 1 aliphatic carbocycles. The van der Waals surface area contributed by atoms with E-state index in [0.29, 0.717) is 12.1 Å². The van der Waals surface area contributed by atoms with Gasteiger partial charge in [-0.1, -0.05) is 12.1 Å². The number of hydrogen-bond donors (Lipinski definition) is 4. The molecule has 0 amide bonds. The zero-order valence-electron chi connectivity index (χ0n) is 18.7. The molecule has 38 heavy (non-hydrogen) atoms. The molecule has 3 aromatic rings. The molecule has 1 aromatic carbocycles. The highest BCUT2D eigenvalue weighted by Gasteiger charge is 2.85. The molecule has 12 nitrogen and oxygen atoms in total. The van der Waals surface area contributed by atoms with Crippen molar-refractivity contribution in [3.05, 3.63) is 47.0 Å². The number of halogens is 5. The summed E-state index contributed by atoms with van der Waals surface area (Å²) in [5.74, 6) is -7.16. The van der Waals surface area contributed by atoms with Crippen molar-refractivity contribution in [2.75, 3.05) is 12.3 Å². The summed E-state index contributed by atoms with van der Waals surface area (Å²) in [5, 5.41) is 30.5. The first-order valence-corrected chi connectivity index (χ1v) is 11.0. The lowest BCUT2D eigenvalue weighted by Gasteiger charge is -2.31. The monoisotopic (exact) mass is 561 g/mol.